The van der Waals surface area contributed by atoms with Crippen molar-refractivity contribution in [2.75, 3.05) is 27.4 Å². The minimum Gasteiger partial charge on any atom is -0.497 e. The molecule has 1 saturated heterocycles. The summed E-state index contributed by atoms with van der Waals surface area (Å²) in [6.45, 7) is 7.16. The van der Waals surface area contributed by atoms with E-state index in [1.54, 1.807) is 14.2 Å². The lowest BCUT2D eigenvalue weighted by atomic mass is 9.93. The number of hydrogen-bond donors (Lipinski definition) is 1. The Morgan fingerprint density at radius 2 is 1.86 bits per heavy atom. The molecule has 0 radical (unpaired) electrons. The Hall–Kier alpha value is -1.26. The predicted octanol–water partition coefficient (Wildman–Crippen LogP) is 2.85. The molecule has 0 bridgehead atoms. The van der Waals surface area contributed by atoms with Crippen LogP contribution in [0.5, 0.6) is 11.5 Å². The first-order valence-electron chi connectivity index (χ1n) is 7.68. The lowest BCUT2D eigenvalue weighted by molar-refractivity contribution is 0.0539. The van der Waals surface area contributed by atoms with E-state index in [0.29, 0.717) is 17.9 Å². The molecule has 21 heavy (non-hydrogen) atoms. The number of benzene rings is 1. The highest BCUT2D eigenvalue weighted by atomic mass is 16.5. The third kappa shape index (κ3) is 4.35. The van der Waals surface area contributed by atoms with E-state index in [2.05, 4.69) is 19.2 Å². The molecule has 2 atom stereocenters. The molecule has 1 fully saturated rings. The zero-order valence-electron chi connectivity index (χ0n) is 13.5. The second-order valence-corrected chi connectivity index (χ2v) is 5.98. The van der Waals surface area contributed by atoms with E-state index in [4.69, 9.17) is 14.2 Å². The largest absolute Gasteiger partial charge is 0.497 e. The highest BCUT2D eigenvalue weighted by Crippen LogP contribution is 2.26. The lowest BCUT2D eigenvalue weighted by Gasteiger charge is -2.22. The number of methoxy groups -OCH3 is 2. The first-order valence-corrected chi connectivity index (χ1v) is 7.68. The van der Waals surface area contributed by atoms with Crippen LogP contribution in [0.15, 0.2) is 18.2 Å². The lowest BCUT2D eigenvalue weighted by Crippen LogP contribution is -2.31. The van der Waals surface area contributed by atoms with Gasteiger partial charge in [-0.15, -0.1) is 0 Å². The average molecular weight is 293 g/mol. The van der Waals surface area contributed by atoms with E-state index >= 15 is 0 Å². The normalized spacial score (nSPS) is 21.8. The second kappa shape index (κ2) is 7.66. The highest BCUT2D eigenvalue weighted by Gasteiger charge is 2.30. The smallest absolute Gasteiger partial charge is 0.122 e. The maximum Gasteiger partial charge on any atom is 0.122 e. The van der Waals surface area contributed by atoms with Gasteiger partial charge in [0, 0.05) is 25.8 Å². The van der Waals surface area contributed by atoms with Crippen molar-refractivity contribution in [3.05, 3.63) is 23.8 Å². The Balaban J connectivity index is 1.88. The molecule has 1 aliphatic rings. The Kier molecular flexibility index (Phi) is 5.88. The van der Waals surface area contributed by atoms with Gasteiger partial charge in [0.15, 0.2) is 0 Å². The van der Waals surface area contributed by atoms with Gasteiger partial charge in [-0.3, -0.25) is 0 Å². The number of nitrogens with one attached hydrogen (secondary N) is 1. The Morgan fingerprint density at radius 1 is 1.19 bits per heavy atom. The standard InChI is InChI=1S/C17H27NO3/c1-12(2)17-14(5-6-21-17)11-18-10-13-7-15(19-3)9-16(8-13)20-4/h7-9,12,14,17-18H,5-6,10-11H2,1-4H3/t14-,17-/m1/s1. The molecule has 0 saturated carbocycles. The molecule has 0 unspecified atom stereocenters. The fourth-order valence-corrected chi connectivity index (χ4v) is 2.98. The molecule has 4 heteroatoms. The zero-order valence-corrected chi connectivity index (χ0v) is 13.5. The summed E-state index contributed by atoms with van der Waals surface area (Å²) in [6, 6.07) is 5.98. The van der Waals surface area contributed by atoms with Crippen LogP contribution >= 0.6 is 0 Å². The van der Waals surface area contributed by atoms with Crippen LogP contribution in [0.4, 0.5) is 0 Å². The van der Waals surface area contributed by atoms with Crippen LogP contribution < -0.4 is 14.8 Å². The molecule has 1 N–H and O–H groups in total. The molecular weight excluding hydrogens is 266 g/mol. The number of rotatable bonds is 7. The van der Waals surface area contributed by atoms with Gasteiger partial charge in [-0.05, 0) is 36.0 Å². The van der Waals surface area contributed by atoms with Crippen molar-refractivity contribution >= 4 is 0 Å². The van der Waals surface area contributed by atoms with Crippen molar-refractivity contribution in [1.82, 2.24) is 5.32 Å². The van der Waals surface area contributed by atoms with Crippen molar-refractivity contribution in [3.8, 4) is 11.5 Å². The van der Waals surface area contributed by atoms with Gasteiger partial charge in [-0.2, -0.15) is 0 Å². The van der Waals surface area contributed by atoms with E-state index in [0.717, 1.165) is 37.6 Å². The summed E-state index contributed by atoms with van der Waals surface area (Å²) in [5, 5.41) is 3.54. The van der Waals surface area contributed by atoms with Crippen molar-refractivity contribution in [1.29, 1.82) is 0 Å². The molecule has 1 aliphatic heterocycles. The van der Waals surface area contributed by atoms with Crippen molar-refractivity contribution in [2.24, 2.45) is 11.8 Å². The number of hydrogen-bond acceptors (Lipinski definition) is 4. The van der Waals surface area contributed by atoms with Crippen molar-refractivity contribution < 1.29 is 14.2 Å². The Labute approximate surface area is 127 Å². The molecule has 2 rings (SSSR count). The molecule has 0 spiro atoms. The van der Waals surface area contributed by atoms with Crippen LogP contribution in [-0.2, 0) is 11.3 Å². The molecular formula is C17H27NO3. The summed E-state index contributed by atoms with van der Waals surface area (Å²) in [6.07, 6.45) is 1.54. The first-order chi connectivity index (χ1) is 10.1. The maximum atomic E-state index is 5.82. The quantitative estimate of drug-likeness (QED) is 0.839. The van der Waals surface area contributed by atoms with E-state index in [1.165, 1.54) is 5.56 Å². The first kappa shape index (κ1) is 16.1. The molecule has 0 aliphatic carbocycles. The molecule has 1 heterocycles. The van der Waals surface area contributed by atoms with Crippen LogP contribution in [-0.4, -0.2) is 33.5 Å². The summed E-state index contributed by atoms with van der Waals surface area (Å²) in [7, 11) is 3.35. The third-order valence-corrected chi connectivity index (χ3v) is 4.07. The van der Waals surface area contributed by atoms with Crippen LogP contribution in [0.1, 0.15) is 25.8 Å². The van der Waals surface area contributed by atoms with Crippen LogP contribution in [0, 0.1) is 11.8 Å². The molecule has 4 nitrogen and oxygen atoms in total. The van der Waals surface area contributed by atoms with Crippen molar-refractivity contribution in [3.63, 3.8) is 0 Å². The van der Waals surface area contributed by atoms with Gasteiger partial charge >= 0.3 is 0 Å². The van der Waals surface area contributed by atoms with E-state index < -0.39 is 0 Å². The fourth-order valence-electron chi connectivity index (χ4n) is 2.98. The SMILES string of the molecule is COc1cc(CNC[C@H]2CCO[C@@H]2C(C)C)cc(OC)c1. The maximum absolute atomic E-state index is 5.82. The van der Waals surface area contributed by atoms with Crippen LogP contribution in [0.3, 0.4) is 0 Å². The topological polar surface area (TPSA) is 39.7 Å². The van der Waals surface area contributed by atoms with Gasteiger partial charge in [0.05, 0.1) is 20.3 Å². The van der Waals surface area contributed by atoms with Gasteiger partial charge in [0.1, 0.15) is 11.5 Å². The second-order valence-electron chi connectivity index (χ2n) is 5.98. The van der Waals surface area contributed by atoms with E-state index in [-0.39, 0.29) is 0 Å². The molecule has 1 aromatic carbocycles. The summed E-state index contributed by atoms with van der Waals surface area (Å²) in [5.41, 5.74) is 1.17. The highest BCUT2D eigenvalue weighted by molar-refractivity contribution is 5.38. The summed E-state index contributed by atoms with van der Waals surface area (Å²) < 4.78 is 16.4. The van der Waals surface area contributed by atoms with Crippen molar-refractivity contribution in [2.45, 2.75) is 32.9 Å². The zero-order chi connectivity index (χ0) is 15.2. The van der Waals surface area contributed by atoms with Gasteiger partial charge in [0.2, 0.25) is 0 Å². The van der Waals surface area contributed by atoms with Crippen LogP contribution in [0.25, 0.3) is 0 Å². The molecule has 1 aromatic rings. The Morgan fingerprint density at radius 3 is 2.43 bits per heavy atom. The molecule has 0 aromatic heterocycles. The summed E-state index contributed by atoms with van der Waals surface area (Å²) in [4.78, 5) is 0. The predicted molar refractivity (Wildman–Crippen MR) is 83.9 cm³/mol. The number of ether oxygens (including phenoxy) is 3. The minimum absolute atomic E-state index is 0.386. The molecule has 0 amide bonds. The summed E-state index contributed by atoms with van der Waals surface area (Å²) >= 11 is 0. The minimum atomic E-state index is 0.386. The summed E-state index contributed by atoms with van der Waals surface area (Å²) in [5.74, 6) is 2.85. The van der Waals surface area contributed by atoms with Crippen LogP contribution in [0.2, 0.25) is 0 Å². The van der Waals surface area contributed by atoms with Gasteiger partial charge in [-0.1, -0.05) is 13.8 Å². The van der Waals surface area contributed by atoms with Gasteiger partial charge in [-0.25, -0.2) is 0 Å². The molecule has 118 valence electrons. The fraction of sp³-hybridized carbons (Fsp3) is 0.647. The monoisotopic (exact) mass is 293 g/mol. The third-order valence-electron chi connectivity index (χ3n) is 4.07. The van der Waals surface area contributed by atoms with E-state index in [1.807, 2.05) is 18.2 Å². The van der Waals surface area contributed by atoms with Gasteiger partial charge < -0.3 is 19.5 Å². The Bertz CT molecular complexity index is 425. The average Bonchev–Trinajstić information content (AvgIpc) is 2.95. The van der Waals surface area contributed by atoms with E-state index in [9.17, 15) is 0 Å². The van der Waals surface area contributed by atoms with Gasteiger partial charge in [0.25, 0.3) is 0 Å².